The molecule has 2 aromatic rings. The average Bonchev–Trinajstić information content (AvgIpc) is 2.79. The average molecular weight is 380 g/mol. The molecule has 1 saturated carbocycles. The van der Waals surface area contributed by atoms with Crippen LogP contribution in [0.3, 0.4) is 0 Å². The minimum atomic E-state index is 0.101. The normalized spacial score (nSPS) is 23.4. The van der Waals surface area contributed by atoms with Crippen LogP contribution in [0.15, 0.2) is 54.6 Å². The standard InChI is InChI=1S/C24H30N2O2/c1-28-23-10-6-5-9-22(23)24(27)26-17-15-25(16-18-26)21-13-11-20(12-14-21)19-7-3-2-4-8-19/h2-10,20-21H,11-18H2,1H3/p+1. The van der Waals surface area contributed by atoms with Gasteiger partial charge in [0.25, 0.3) is 5.91 Å². The number of carbonyl (C=O) groups excluding carboxylic acids is 1. The van der Waals surface area contributed by atoms with Gasteiger partial charge in [0, 0.05) is 0 Å². The summed E-state index contributed by atoms with van der Waals surface area (Å²) >= 11 is 0. The van der Waals surface area contributed by atoms with E-state index in [1.807, 2.05) is 29.2 Å². The largest absolute Gasteiger partial charge is 0.496 e. The number of quaternary nitrogens is 1. The highest BCUT2D eigenvalue weighted by Crippen LogP contribution is 2.32. The van der Waals surface area contributed by atoms with Gasteiger partial charge >= 0.3 is 0 Å². The van der Waals surface area contributed by atoms with Crippen molar-refractivity contribution in [1.82, 2.24) is 4.90 Å². The lowest BCUT2D eigenvalue weighted by Crippen LogP contribution is -3.18. The predicted octanol–water partition coefficient (Wildman–Crippen LogP) is 2.76. The molecule has 2 aromatic carbocycles. The van der Waals surface area contributed by atoms with Crippen molar-refractivity contribution in [1.29, 1.82) is 0 Å². The van der Waals surface area contributed by atoms with Crippen LogP contribution in [0, 0.1) is 0 Å². The Hall–Kier alpha value is -2.33. The molecular weight excluding hydrogens is 348 g/mol. The first-order chi connectivity index (χ1) is 13.8. The number of rotatable bonds is 4. The first-order valence-corrected chi connectivity index (χ1v) is 10.6. The summed E-state index contributed by atoms with van der Waals surface area (Å²) in [5.41, 5.74) is 2.18. The zero-order valence-corrected chi connectivity index (χ0v) is 16.8. The van der Waals surface area contributed by atoms with E-state index >= 15 is 0 Å². The van der Waals surface area contributed by atoms with Crippen LogP contribution < -0.4 is 9.64 Å². The number of nitrogens with one attached hydrogen (secondary N) is 1. The van der Waals surface area contributed by atoms with Crippen molar-refractivity contribution in [2.75, 3.05) is 33.3 Å². The van der Waals surface area contributed by atoms with Gasteiger partial charge in [0.05, 0.1) is 44.9 Å². The molecule has 2 aliphatic rings. The molecule has 1 aliphatic carbocycles. The quantitative estimate of drug-likeness (QED) is 0.886. The van der Waals surface area contributed by atoms with E-state index in [9.17, 15) is 4.79 Å². The van der Waals surface area contributed by atoms with Crippen LogP contribution in [0.5, 0.6) is 5.75 Å². The Morgan fingerprint density at radius 2 is 1.57 bits per heavy atom. The maximum Gasteiger partial charge on any atom is 0.258 e. The van der Waals surface area contributed by atoms with Crippen molar-refractivity contribution in [2.45, 2.75) is 37.6 Å². The summed E-state index contributed by atoms with van der Waals surface area (Å²) in [5, 5.41) is 0. The lowest BCUT2D eigenvalue weighted by molar-refractivity contribution is -0.930. The van der Waals surface area contributed by atoms with E-state index in [4.69, 9.17) is 4.74 Å². The second-order valence-electron chi connectivity index (χ2n) is 8.11. The Bertz CT molecular complexity index is 776. The first kappa shape index (κ1) is 19.0. The van der Waals surface area contributed by atoms with Gasteiger partial charge in [-0.05, 0) is 49.3 Å². The highest BCUT2D eigenvalue weighted by atomic mass is 16.5. The van der Waals surface area contributed by atoms with E-state index in [0.29, 0.717) is 11.3 Å². The van der Waals surface area contributed by atoms with Gasteiger partial charge in [-0.2, -0.15) is 0 Å². The van der Waals surface area contributed by atoms with Crippen molar-refractivity contribution in [3.05, 3.63) is 65.7 Å². The number of methoxy groups -OCH3 is 1. The van der Waals surface area contributed by atoms with Gasteiger partial charge < -0.3 is 14.5 Å². The molecule has 1 saturated heterocycles. The predicted molar refractivity (Wildman–Crippen MR) is 111 cm³/mol. The molecule has 1 aliphatic heterocycles. The number of ether oxygens (including phenoxy) is 1. The van der Waals surface area contributed by atoms with Gasteiger partial charge in [-0.3, -0.25) is 4.79 Å². The Labute approximate surface area is 168 Å². The maximum absolute atomic E-state index is 12.9. The van der Waals surface area contributed by atoms with Crippen molar-refractivity contribution >= 4 is 5.91 Å². The molecule has 4 heteroatoms. The fraction of sp³-hybridized carbons (Fsp3) is 0.458. The molecule has 1 amide bonds. The zero-order valence-electron chi connectivity index (χ0n) is 16.8. The van der Waals surface area contributed by atoms with E-state index < -0.39 is 0 Å². The maximum atomic E-state index is 12.9. The van der Waals surface area contributed by atoms with Crippen molar-refractivity contribution < 1.29 is 14.4 Å². The van der Waals surface area contributed by atoms with E-state index in [0.717, 1.165) is 38.1 Å². The smallest absolute Gasteiger partial charge is 0.258 e. The van der Waals surface area contributed by atoms with Crippen LogP contribution in [0.2, 0.25) is 0 Å². The second kappa shape index (κ2) is 8.78. The third kappa shape index (κ3) is 4.07. The topological polar surface area (TPSA) is 34.0 Å². The minimum Gasteiger partial charge on any atom is -0.496 e. The van der Waals surface area contributed by atoms with Crippen LogP contribution >= 0.6 is 0 Å². The van der Waals surface area contributed by atoms with Gasteiger partial charge in [-0.25, -0.2) is 0 Å². The number of piperazine rings is 1. The molecule has 0 radical (unpaired) electrons. The monoisotopic (exact) mass is 379 g/mol. The highest BCUT2D eigenvalue weighted by Gasteiger charge is 2.33. The number of nitrogens with zero attached hydrogens (tertiary/aromatic N) is 1. The lowest BCUT2D eigenvalue weighted by Gasteiger charge is -2.39. The summed E-state index contributed by atoms with van der Waals surface area (Å²) in [6.45, 7) is 3.79. The summed E-state index contributed by atoms with van der Waals surface area (Å²) in [5.74, 6) is 1.50. The van der Waals surface area contributed by atoms with E-state index in [2.05, 4.69) is 30.3 Å². The Balaban J connectivity index is 1.29. The second-order valence-corrected chi connectivity index (χ2v) is 8.11. The van der Waals surface area contributed by atoms with Gasteiger partial charge in [-0.1, -0.05) is 42.5 Å². The summed E-state index contributed by atoms with van der Waals surface area (Å²) in [6, 6.07) is 19.3. The van der Waals surface area contributed by atoms with E-state index in [1.54, 1.807) is 12.0 Å². The summed E-state index contributed by atoms with van der Waals surface area (Å²) in [4.78, 5) is 16.6. The zero-order chi connectivity index (χ0) is 19.3. The highest BCUT2D eigenvalue weighted by molar-refractivity contribution is 5.97. The van der Waals surface area contributed by atoms with Crippen LogP contribution in [-0.4, -0.2) is 50.1 Å². The fourth-order valence-electron chi connectivity index (χ4n) is 4.96. The van der Waals surface area contributed by atoms with Crippen molar-refractivity contribution in [2.24, 2.45) is 0 Å². The van der Waals surface area contributed by atoms with Gasteiger partial charge in [0.1, 0.15) is 5.75 Å². The molecule has 0 aromatic heterocycles. The Morgan fingerprint density at radius 3 is 2.25 bits per heavy atom. The molecule has 0 atom stereocenters. The molecule has 1 N–H and O–H groups in total. The number of amides is 1. The third-order valence-electron chi connectivity index (χ3n) is 6.61. The molecule has 4 rings (SSSR count). The minimum absolute atomic E-state index is 0.101. The van der Waals surface area contributed by atoms with Crippen LogP contribution in [0.25, 0.3) is 0 Å². The molecule has 0 unspecified atom stereocenters. The molecule has 148 valence electrons. The van der Waals surface area contributed by atoms with Crippen LogP contribution in [0.4, 0.5) is 0 Å². The molecule has 28 heavy (non-hydrogen) atoms. The Kier molecular flexibility index (Phi) is 5.96. The third-order valence-corrected chi connectivity index (χ3v) is 6.61. The first-order valence-electron chi connectivity index (χ1n) is 10.6. The summed E-state index contributed by atoms with van der Waals surface area (Å²) < 4.78 is 5.37. The van der Waals surface area contributed by atoms with Gasteiger partial charge in [0.2, 0.25) is 0 Å². The number of hydrogen-bond acceptors (Lipinski definition) is 2. The lowest BCUT2D eigenvalue weighted by atomic mass is 9.81. The van der Waals surface area contributed by atoms with Crippen LogP contribution in [0.1, 0.15) is 47.5 Å². The van der Waals surface area contributed by atoms with Crippen molar-refractivity contribution in [3.8, 4) is 5.75 Å². The Morgan fingerprint density at radius 1 is 0.929 bits per heavy atom. The molecule has 0 bridgehead atoms. The van der Waals surface area contributed by atoms with Gasteiger partial charge in [0.15, 0.2) is 0 Å². The molecule has 0 spiro atoms. The summed E-state index contributed by atoms with van der Waals surface area (Å²) in [7, 11) is 1.62. The molecular formula is C24H31N2O2+. The fourth-order valence-corrected chi connectivity index (χ4v) is 4.96. The molecule has 2 fully saturated rings. The molecule has 4 nitrogen and oxygen atoms in total. The van der Waals surface area contributed by atoms with Crippen LogP contribution in [-0.2, 0) is 0 Å². The van der Waals surface area contributed by atoms with Crippen molar-refractivity contribution in [3.63, 3.8) is 0 Å². The van der Waals surface area contributed by atoms with E-state index in [-0.39, 0.29) is 5.91 Å². The number of benzene rings is 2. The number of carbonyl (C=O) groups is 1. The molecule has 1 heterocycles. The number of hydrogen-bond donors (Lipinski definition) is 1. The number of para-hydroxylation sites is 1. The van der Waals surface area contributed by atoms with E-state index in [1.165, 1.54) is 31.2 Å². The summed E-state index contributed by atoms with van der Waals surface area (Å²) in [6.07, 6.45) is 5.19. The van der Waals surface area contributed by atoms with Gasteiger partial charge in [-0.15, -0.1) is 0 Å². The SMILES string of the molecule is COc1ccccc1C(=O)N1CC[NH+](C2CCC(c3ccccc3)CC2)CC1.